The molecule has 1 aliphatic heterocycles. The summed E-state index contributed by atoms with van der Waals surface area (Å²) in [5, 5.41) is 3.15. The van der Waals surface area contributed by atoms with Crippen LogP contribution in [-0.2, 0) is 6.54 Å². The molecule has 1 saturated heterocycles. The molecule has 0 saturated carbocycles. The summed E-state index contributed by atoms with van der Waals surface area (Å²) < 4.78 is 0. The van der Waals surface area contributed by atoms with Crippen molar-refractivity contribution in [3.05, 3.63) is 35.4 Å². The second-order valence-corrected chi connectivity index (χ2v) is 6.93. The van der Waals surface area contributed by atoms with Gasteiger partial charge in [-0.25, -0.2) is 0 Å². The van der Waals surface area contributed by atoms with Gasteiger partial charge in [0, 0.05) is 44.8 Å². The number of hydrogen-bond donors (Lipinski definition) is 2. The van der Waals surface area contributed by atoms with Crippen LogP contribution >= 0.6 is 24.8 Å². The standard InChI is InChI=1S/C19H32N4O.2ClH/c1-4-19(5-2,15-20)21-18(24)17-8-6-7-16(13-17)14-23-11-9-22(3)10-12-23;;/h6-8,13H,4-5,9-12,14-15,20H2,1-3H3,(H,21,24);2*1H. The van der Waals surface area contributed by atoms with Gasteiger partial charge in [0.05, 0.1) is 5.54 Å². The summed E-state index contributed by atoms with van der Waals surface area (Å²) in [5.74, 6) is -0.0237. The molecule has 3 N–H and O–H groups in total. The first kappa shape index (κ1) is 25.1. The second kappa shape index (κ2) is 11.8. The Labute approximate surface area is 170 Å². The Hall–Kier alpha value is -0.850. The number of likely N-dealkylation sites (N-methyl/N-ethyl adjacent to an activating group) is 1. The molecular formula is C19H34Cl2N4O. The van der Waals surface area contributed by atoms with Crippen molar-refractivity contribution in [1.29, 1.82) is 0 Å². The Balaban J connectivity index is 0.00000312. The third-order valence-corrected chi connectivity index (χ3v) is 5.31. The van der Waals surface area contributed by atoms with Crippen LogP contribution in [0.15, 0.2) is 24.3 Å². The van der Waals surface area contributed by atoms with Crippen molar-refractivity contribution < 1.29 is 4.79 Å². The second-order valence-electron chi connectivity index (χ2n) is 6.93. The predicted molar refractivity (Wildman–Crippen MR) is 114 cm³/mol. The van der Waals surface area contributed by atoms with Crippen LogP contribution in [0, 0.1) is 0 Å². The molecule has 1 aromatic rings. The maximum absolute atomic E-state index is 12.6. The normalized spacial score (nSPS) is 15.7. The van der Waals surface area contributed by atoms with E-state index >= 15 is 0 Å². The highest BCUT2D eigenvalue weighted by Crippen LogP contribution is 2.16. The van der Waals surface area contributed by atoms with Crippen molar-refractivity contribution in [2.75, 3.05) is 39.8 Å². The molecule has 1 amide bonds. The topological polar surface area (TPSA) is 61.6 Å². The van der Waals surface area contributed by atoms with Crippen molar-refractivity contribution >= 4 is 30.7 Å². The van der Waals surface area contributed by atoms with E-state index in [9.17, 15) is 4.79 Å². The van der Waals surface area contributed by atoms with E-state index in [1.165, 1.54) is 5.56 Å². The SMILES string of the molecule is CCC(CC)(CN)NC(=O)c1cccc(CN2CCN(C)CC2)c1.Cl.Cl. The number of nitrogens with one attached hydrogen (secondary N) is 1. The van der Waals surface area contributed by atoms with Gasteiger partial charge >= 0.3 is 0 Å². The monoisotopic (exact) mass is 404 g/mol. The van der Waals surface area contributed by atoms with Gasteiger partial charge in [-0.2, -0.15) is 0 Å². The van der Waals surface area contributed by atoms with Crippen LogP contribution in [0.1, 0.15) is 42.6 Å². The molecule has 0 radical (unpaired) electrons. The third kappa shape index (κ3) is 6.71. The van der Waals surface area contributed by atoms with Crippen LogP contribution < -0.4 is 11.1 Å². The van der Waals surface area contributed by atoms with Crippen molar-refractivity contribution in [3.63, 3.8) is 0 Å². The van der Waals surface area contributed by atoms with Gasteiger partial charge in [-0.3, -0.25) is 9.69 Å². The average molecular weight is 405 g/mol. The van der Waals surface area contributed by atoms with E-state index in [1.807, 2.05) is 18.2 Å². The first-order chi connectivity index (χ1) is 11.5. The molecule has 0 unspecified atom stereocenters. The van der Waals surface area contributed by atoms with Crippen molar-refractivity contribution in [2.24, 2.45) is 5.73 Å². The van der Waals surface area contributed by atoms with E-state index in [0.29, 0.717) is 6.54 Å². The summed E-state index contributed by atoms with van der Waals surface area (Å²) in [6.07, 6.45) is 1.68. The minimum Gasteiger partial charge on any atom is -0.345 e. The van der Waals surface area contributed by atoms with E-state index in [-0.39, 0.29) is 36.3 Å². The van der Waals surface area contributed by atoms with E-state index in [0.717, 1.165) is 51.1 Å². The summed E-state index contributed by atoms with van der Waals surface area (Å²) in [7, 11) is 2.16. The fraction of sp³-hybridized carbons (Fsp3) is 0.632. The highest BCUT2D eigenvalue weighted by atomic mass is 35.5. The first-order valence-corrected chi connectivity index (χ1v) is 9.04. The third-order valence-electron chi connectivity index (χ3n) is 5.31. The number of hydrogen-bond acceptors (Lipinski definition) is 4. The molecular weight excluding hydrogens is 371 g/mol. The summed E-state index contributed by atoms with van der Waals surface area (Å²) in [6.45, 7) is 9.87. The number of amides is 1. The van der Waals surface area contributed by atoms with E-state index in [1.54, 1.807) is 0 Å². The van der Waals surface area contributed by atoms with Gasteiger partial charge in [-0.1, -0.05) is 26.0 Å². The minimum absolute atomic E-state index is 0. The molecule has 2 rings (SSSR count). The van der Waals surface area contributed by atoms with Gasteiger partial charge < -0.3 is 16.0 Å². The zero-order valence-corrected chi connectivity index (χ0v) is 17.8. The van der Waals surface area contributed by atoms with Gasteiger partial charge in [-0.05, 0) is 37.6 Å². The molecule has 0 spiro atoms. The number of carbonyl (C=O) groups excluding carboxylic acids is 1. The van der Waals surface area contributed by atoms with E-state index < -0.39 is 0 Å². The molecule has 1 fully saturated rings. The van der Waals surface area contributed by atoms with Crippen LogP contribution in [0.3, 0.4) is 0 Å². The molecule has 0 aliphatic carbocycles. The Kier molecular flexibility index (Phi) is 11.4. The lowest BCUT2D eigenvalue weighted by Gasteiger charge is -2.32. The molecule has 26 heavy (non-hydrogen) atoms. The van der Waals surface area contributed by atoms with Crippen LogP contribution in [-0.4, -0.2) is 61.0 Å². The molecule has 0 aromatic heterocycles. The first-order valence-electron chi connectivity index (χ1n) is 9.04. The van der Waals surface area contributed by atoms with Gasteiger partial charge in [0.25, 0.3) is 5.91 Å². The maximum atomic E-state index is 12.6. The Morgan fingerprint density at radius 1 is 1.15 bits per heavy atom. The summed E-state index contributed by atoms with van der Waals surface area (Å²) in [5.41, 5.74) is 7.51. The molecule has 1 aliphatic rings. The quantitative estimate of drug-likeness (QED) is 0.732. The van der Waals surface area contributed by atoms with Crippen LogP contribution in [0.25, 0.3) is 0 Å². The van der Waals surface area contributed by atoms with Gasteiger partial charge in [0.15, 0.2) is 0 Å². The van der Waals surface area contributed by atoms with Gasteiger partial charge in [-0.15, -0.1) is 24.8 Å². The molecule has 1 aromatic carbocycles. The summed E-state index contributed by atoms with van der Waals surface area (Å²) in [6, 6.07) is 7.98. The van der Waals surface area contributed by atoms with E-state index in [2.05, 4.69) is 42.1 Å². The minimum atomic E-state index is -0.301. The Bertz CT molecular complexity index is 536. The van der Waals surface area contributed by atoms with Gasteiger partial charge in [0.1, 0.15) is 0 Å². The number of carbonyl (C=O) groups is 1. The van der Waals surface area contributed by atoms with Crippen LogP contribution in [0.2, 0.25) is 0 Å². The number of rotatable bonds is 7. The zero-order valence-electron chi connectivity index (χ0n) is 16.2. The smallest absolute Gasteiger partial charge is 0.251 e. The summed E-state index contributed by atoms with van der Waals surface area (Å²) >= 11 is 0. The lowest BCUT2D eigenvalue weighted by molar-refractivity contribution is 0.0895. The van der Waals surface area contributed by atoms with Gasteiger partial charge in [0.2, 0.25) is 0 Å². The highest BCUT2D eigenvalue weighted by Gasteiger charge is 2.26. The fourth-order valence-electron chi connectivity index (χ4n) is 3.15. The lowest BCUT2D eigenvalue weighted by atomic mass is 9.92. The van der Waals surface area contributed by atoms with E-state index in [4.69, 9.17) is 5.73 Å². The fourth-order valence-corrected chi connectivity index (χ4v) is 3.15. The number of nitrogens with two attached hydrogens (primary N) is 1. The van der Waals surface area contributed by atoms with Crippen molar-refractivity contribution in [1.82, 2.24) is 15.1 Å². The maximum Gasteiger partial charge on any atom is 0.251 e. The molecule has 0 bridgehead atoms. The average Bonchev–Trinajstić information content (AvgIpc) is 2.62. The largest absolute Gasteiger partial charge is 0.345 e. The molecule has 5 nitrogen and oxygen atoms in total. The summed E-state index contributed by atoms with van der Waals surface area (Å²) in [4.78, 5) is 17.4. The Morgan fingerprint density at radius 2 is 1.77 bits per heavy atom. The predicted octanol–water partition coefficient (Wildman–Crippen LogP) is 2.52. The zero-order chi connectivity index (χ0) is 17.6. The van der Waals surface area contributed by atoms with Crippen molar-refractivity contribution in [3.8, 4) is 0 Å². The molecule has 1 heterocycles. The molecule has 7 heteroatoms. The molecule has 0 atom stereocenters. The number of piperazine rings is 1. The lowest BCUT2D eigenvalue weighted by Crippen LogP contribution is -2.52. The highest BCUT2D eigenvalue weighted by molar-refractivity contribution is 5.94. The van der Waals surface area contributed by atoms with Crippen LogP contribution in [0.4, 0.5) is 0 Å². The van der Waals surface area contributed by atoms with Crippen molar-refractivity contribution in [2.45, 2.75) is 38.8 Å². The number of nitrogens with zero attached hydrogens (tertiary/aromatic N) is 2. The van der Waals surface area contributed by atoms with Crippen LogP contribution in [0.5, 0.6) is 0 Å². The molecule has 150 valence electrons. The number of benzene rings is 1. The Morgan fingerprint density at radius 3 is 2.31 bits per heavy atom. The number of halogens is 2.